The quantitative estimate of drug-likeness (QED) is 0.0703. The average molecular weight is 849 g/mol. The maximum absolute atomic E-state index is 13.9. The Kier molecular flexibility index (Phi) is 16.4. The van der Waals surface area contributed by atoms with Crippen molar-refractivity contribution in [3.8, 4) is 0 Å². The van der Waals surface area contributed by atoms with Crippen molar-refractivity contribution >= 4 is 58.3 Å². The molecule has 3 aromatic rings. The lowest BCUT2D eigenvalue weighted by molar-refractivity contribution is -0.156. The van der Waals surface area contributed by atoms with Crippen molar-refractivity contribution in [2.75, 3.05) is 32.6 Å². The molecule has 0 bridgehead atoms. The molecule has 0 radical (unpaired) electrons. The van der Waals surface area contributed by atoms with E-state index in [2.05, 4.69) is 25.9 Å². The highest BCUT2D eigenvalue weighted by molar-refractivity contribution is 5.96. The van der Waals surface area contributed by atoms with Crippen LogP contribution in [0.3, 0.4) is 0 Å². The summed E-state index contributed by atoms with van der Waals surface area (Å²) in [6.45, 7) is 10.8. The number of carbonyl (C=O) groups excluding carboxylic acids is 7. The van der Waals surface area contributed by atoms with Crippen LogP contribution < -0.4 is 21.7 Å². The zero-order valence-corrected chi connectivity index (χ0v) is 36.3. The number of methoxy groups -OCH3 is 1. The molecule has 0 unspecified atom stereocenters. The number of benzene rings is 2. The first-order valence-corrected chi connectivity index (χ1v) is 20.3. The summed E-state index contributed by atoms with van der Waals surface area (Å²) >= 11 is 0. The number of hydrogen-bond donors (Lipinski definition) is 5. The number of ether oxygens (including phenoxy) is 3. The summed E-state index contributed by atoms with van der Waals surface area (Å²) in [4.78, 5) is 102. The van der Waals surface area contributed by atoms with E-state index in [1.807, 2.05) is 24.3 Å². The predicted molar refractivity (Wildman–Crippen MR) is 225 cm³/mol. The molecule has 0 saturated heterocycles. The minimum atomic E-state index is -1.17. The Bertz CT molecular complexity index is 2040. The van der Waals surface area contributed by atoms with Crippen molar-refractivity contribution in [2.45, 2.75) is 122 Å². The summed E-state index contributed by atoms with van der Waals surface area (Å²) in [5.41, 5.74) is 7.85. The van der Waals surface area contributed by atoms with Crippen LogP contribution in [0.2, 0.25) is 0 Å². The number of amides is 4. The fourth-order valence-corrected chi connectivity index (χ4v) is 6.53. The Morgan fingerprint density at radius 3 is 2.23 bits per heavy atom. The fourth-order valence-electron chi connectivity index (χ4n) is 6.53. The summed E-state index contributed by atoms with van der Waals surface area (Å²) in [6.07, 6.45) is -0.411. The van der Waals surface area contributed by atoms with Gasteiger partial charge < -0.3 is 50.7 Å². The molecule has 61 heavy (non-hydrogen) atoms. The standard InChI is InChI=1S/C43H60N8O10/c1-42(2,3)60-35(52)18-15-28(44)38(55)49-32(17-19-36(53)61-43(4,5)6)39(56)45-20-11-21-51-24-27-22-26(14-16-29(27)46-33(41(51)58)23-37(54)59-8)40(57)50(7)25-34-47-30-12-9-10-13-31(30)48-34/h9-10,12-14,16,22,28,32-33,46H,11,15,17-21,23-25,44H2,1-8H3,(H,45,56)(H,47,48)(H,49,55)/t28-,32-,33-/m0/s1. The van der Waals surface area contributed by atoms with Gasteiger partial charge in [0.1, 0.15) is 29.1 Å². The molecular formula is C43H60N8O10. The molecule has 2 aromatic carbocycles. The maximum Gasteiger partial charge on any atom is 0.308 e. The topological polar surface area (TPSA) is 244 Å². The number of imidazole rings is 1. The summed E-state index contributed by atoms with van der Waals surface area (Å²) in [7, 11) is 2.91. The van der Waals surface area contributed by atoms with Crippen molar-refractivity contribution in [3.05, 3.63) is 59.4 Å². The minimum Gasteiger partial charge on any atom is -0.469 e. The second-order valence-electron chi connectivity index (χ2n) is 17.0. The normalized spacial score (nSPS) is 15.1. The third kappa shape index (κ3) is 14.9. The largest absolute Gasteiger partial charge is 0.469 e. The van der Waals surface area contributed by atoms with E-state index in [0.29, 0.717) is 22.6 Å². The molecule has 6 N–H and O–H groups in total. The Morgan fingerprint density at radius 1 is 0.934 bits per heavy atom. The highest BCUT2D eigenvalue weighted by atomic mass is 16.6. The van der Waals surface area contributed by atoms with Crippen molar-refractivity contribution in [2.24, 2.45) is 5.73 Å². The zero-order valence-electron chi connectivity index (χ0n) is 36.3. The van der Waals surface area contributed by atoms with E-state index in [1.54, 1.807) is 66.8 Å². The number of nitrogens with two attached hydrogens (primary N) is 1. The number of aromatic amines is 1. The Morgan fingerprint density at radius 2 is 1.59 bits per heavy atom. The van der Waals surface area contributed by atoms with Gasteiger partial charge in [-0.1, -0.05) is 12.1 Å². The molecule has 0 spiro atoms. The fraction of sp³-hybridized carbons (Fsp3) is 0.535. The average Bonchev–Trinajstić information content (AvgIpc) is 3.54. The highest BCUT2D eigenvalue weighted by Gasteiger charge is 2.32. The molecule has 18 nitrogen and oxygen atoms in total. The molecule has 2 heterocycles. The number of hydrogen-bond acceptors (Lipinski definition) is 13. The van der Waals surface area contributed by atoms with Crippen LogP contribution in [0.5, 0.6) is 0 Å². The first-order valence-electron chi connectivity index (χ1n) is 20.3. The first kappa shape index (κ1) is 47.6. The van der Waals surface area contributed by atoms with Crippen molar-refractivity contribution in [1.29, 1.82) is 0 Å². The predicted octanol–water partition coefficient (Wildman–Crippen LogP) is 3.08. The van der Waals surface area contributed by atoms with E-state index < -0.39 is 59.0 Å². The SMILES string of the molecule is COC(=O)C[C@@H]1Nc2ccc(C(=O)N(C)Cc3nc4ccccc4[nH]3)cc2CN(CCCNC(=O)[C@H](CCC(=O)OC(C)(C)C)NC(=O)[C@@H](N)CCC(=O)OC(C)(C)C)C1=O. The van der Waals surface area contributed by atoms with E-state index in [4.69, 9.17) is 19.9 Å². The monoisotopic (exact) mass is 848 g/mol. The number of rotatable bonds is 18. The molecule has 4 rings (SSSR count). The molecule has 3 atom stereocenters. The number of nitrogens with zero attached hydrogens (tertiary/aromatic N) is 3. The van der Waals surface area contributed by atoms with E-state index >= 15 is 0 Å². The van der Waals surface area contributed by atoms with Crippen LogP contribution in [-0.4, -0.2) is 118 Å². The summed E-state index contributed by atoms with van der Waals surface area (Å²) in [5.74, 6) is -2.99. The Hall–Kier alpha value is -6.04. The molecule has 332 valence electrons. The Balaban J connectivity index is 1.42. The van der Waals surface area contributed by atoms with Gasteiger partial charge in [0.2, 0.25) is 17.7 Å². The number of para-hydroxylation sites is 2. The van der Waals surface area contributed by atoms with Crippen LogP contribution in [0.4, 0.5) is 5.69 Å². The third-order valence-corrected chi connectivity index (χ3v) is 9.43. The zero-order chi connectivity index (χ0) is 45.1. The summed E-state index contributed by atoms with van der Waals surface area (Å²) in [5, 5.41) is 8.53. The van der Waals surface area contributed by atoms with Gasteiger partial charge in [-0.3, -0.25) is 33.6 Å². The highest BCUT2D eigenvalue weighted by Crippen LogP contribution is 2.27. The van der Waals surface area contributed by atoms with Crippen LogP contribution in [0.1, 0.15) is 102 Å². The first-order chi connectivity index (χ1) is 28.6. The molecule has 18 heteroatoms. The molecule has 1 aromatic heterocycles. The number of carbonyl (C=O) groups is 7. The number of aromatic nitrogens is 2. The number of anilines is 1. The van der Waals surface area contributed by atoms with Gasteiger partial charge in [-0.25, -0.2) is 4.98 Å². The van der Waals surface area contributed by atoms with Gasteiger partial charge in [0, 0.05) is 50.8 Å². The minimum absolute atomic E-state index is 0.0329. The lowest BCUT2D eigenvalue weighted by Crippen LogP contribution is -2.52. The maximum atomic E-state index is 13.9. The van der Waals surface area contributed by atoms with Crippen molar-refractivity contribution in [1.82, 2.24) is 30.4 Å². The van der Waals surface area contributed by atoms with Crippen molar-refractivity contribution in [3.63, 3.8) is 0 Å². The van der Waals surface area contributed by atoms with E-state index in [9.17, 15) is 33.6 Å². The molecule has 0 saturated carbocycles. The van der Waals surface area contributed by atoms with Gasteiger partial charge in [0.25, 0.3) is 5.91 Å². The number of esters is 3. The molecule has 0 aliphatic carbocycles. The van der Waals surface area contributed by atoms with Gasteiger partial charge in [-0.15, -0.1) is 0 Å². The van der Waals surface area contributed by atoms with Crippen LogP contribution in [0.25, 0.3) is 11.0 Å². The molecular weight excluding hydrogens is 789 g/mol. The smallest absolute Gasteiger partial charge is 0.308 e. The number of nitrogens with one attached hydrogen (secondary N) is 4. The van der Waals surface area contributed by atoms with Crippen LogP contribution in [-0.2, 0) is 56.1 Å². The van der Waals surface area contributed by atoms with Crippen LogP contribution in [0, 0.1) is 0 Å². The lowest BCUT2D eigenvalue weighted by atomic mass is 10.1. The van der Waals surface area contributed by atoms with Crippen molar-refractivity contribution < 1.29 is 47.8 Å². The summed E-state index contributed by atoms with van der Waals surface area (Å²) in [6, 6.07) is 9.36. The summed E-state index contributed by atoms with van der Waals surface area (Å²) < 4.78 is 15.5. The lowest BCUT2D eigenvalue weighted by Gasteiger charge is -2.25. The number of fused-ring (bicyclic) bond motifs is 2. The second-order valence-corrected chi connectivity index (χ2v) is 17.0. The van der Waals surface area contributed by atoms with E-state index in [0.717, 1.165) is 11.0 Å². The molecule has 0 fully saturated rings. The van der Waals surface area contributed by atoms with Crippen LogP contribution >= 0.6 is 0 Å². The van der Waals surface area contributed by atoms with Gasteiger partial charge in [-0.05, 0) is 96.7 Å². The van der Waals surface area contributed by atoms with E-state index in [-0.39, 0.29) is 76.5 Å². The van der Waals surface area contributed by atoms with Gasteiger partial charge in [0.05, 0.1) is 37.2 Å². The second kappa shape index (κ2) is 21.0. The Labute approximate surface area is 356 Å². The molecule has 1 aliphatic heterocycles. The van der Waals surface area contributed by atoms with Crippen LogP contribution in [0.15, 0.2) is 42.5 Å². The molecule has 4 amide bonds. The van der Waals surface area contributed by atoms with Gasteiger partial charge >= 0.3 is 17.9 Å². The van der Waals surface area contributed by atoms with E-state index in [1.165, 1.54) is 16.9 Å². The molecule has 1 aliphatic rings. The number of H-pyrrole nitrogens is 1. The van der Waals surface area contributed by atoms with Gasteiger partial charge in [0.15, 0.2) is 0 Å². The van der Waals surface area contributed by atoms with Gasteiger partial charge in [-0.2, -0.15) is 0 Å². The third-order valence-electron chi connectivity index (χ3n) is 9.43.